The molecule has 1 heterocycles. The fraction of sp³-hybridized carbons (Fsp3) is 0.692. The zero-order chi connectivity index (χ0) is 13.1. The van der Waals surface area contributed by atoms with E-state index in [1.54, 1.807) is 29.0 Å². The fourth-order valence-corrected chi connectivity index (χ4v) is 2.53. The van der Waals surface area contributed by atoms with Crippen molar-refractivity contribution in [3.05, 3.63) is 18.0 Å². The normalized spacial score (nSPS) is 23.3. The van der Waals surface area contributed by atoms with Gasteiger partial charge in [0, 0.05) is 32.3 Å². The highest BCUT2D eigenvalue weighted by Crippen LogP contribution is 2.26. The number of aryl methyl sites for hydroxylation is 1. The number of carbonyl (C=O) groups excluding carboxylic acids is 1. The largest absolute Gasteiger partial charge is 0.393 e. The zero-order valence-electron chi connectivity index (χ0n) is 11.0. The van der Waals surface area contributed by atoms with Gasteiger partial charge < -0.3 is 10.0 Å². The first-order valence-corrected chi connectivity index (χ1v) is 6.57. The molecule has 1 fully saturated rings. The van der Waals surface area contributed by atoms with Crippen LogP contribution in [0.3, 0.4) is 0 Å². The first-order valence-electron chi connectivity index (χ1n) is 6.57. The van der Waals surface area contributed by atoms with E-state index in [4.69, 9.17) is 0 Å². The maximum Gasteiger partial charge on any atom is 0.256 e. The number of aromatic nitrogens is 2. The number of aliphatic hydroxyl groups excluding tert-OH is 1. The summed E-state index contributed by atoms with van der Waals surface area (Å²) in [6.45, 7) is 3.37. The minimum Gasteiger partial charge on any atom is -0.393 e. The summed E-state index contributed by atoms with van der Waals surface area (Å²) < 4.78 is 1.74. The van der Waals surface area contributed by atoms with Gasteiger partial charge in [0.15, 0.2) is 0 Å². The summed E-state index contributed by atoms with van der Waals surface area (Å²) in [7, 11) is 1.79. The summed E-state index contributed by atoms with van der Waals surface area (Å²) in [5.41, 5.74) is 0.617. The van der Waals surface area contributed by atoms with Crippen LogP contribution < -0.4 is 0 Å². The SMILES string of the molecule is CCn1cc(C(=O)N(C)CC2CCCC2O)cn1. The average molecular weight is 251 g/mol. The van der Waals surface area contributed by atoms with Gasteiger partial charge in [0.1, 0.15) is 0 Å². The van der Waals surface area contributed by atoms with Crippen LogP contribution in [0.1, 0.15) is 36.5 Å². The van der Waals surface area contributed by atoms with Crippen molar-refractivity contribution in [3.63, 3.8) is 0 Å². The zero-order valence-corrected chi connectivity index (χ0v) is 11.0. The van der Waals surface area contributed by atoms with Crippen molar-refractivity contribution in [1.82, 2.24) is 14.7 Å². The number of carbonyl (C=O) groups is 1. The lowest BCUT2D eigenvalue weighted by molar-refractivity contribution is 0.0693. The molecule has 1 aliphatic rings. The third-order valence-electron chi connectivity index (χ3n) is 3.68. The van der Waals surface area contributed by atoms with E-state index in [1.165, 1.54) is 0 Å². The molecule has 0 aliphatic heterocycles. The Balaban J connectivity index is 1.95. The summed E-state index contributed by atoms with van der Waals surface area (Å²) in [5.74, 6) is 0.203. The highest BCUT2D eigenvalue weighted by molar-refractivity contribution is 5.93. The molecule has 1 aliphatic carbocycles. The van der Waals surface area contributed by atoms with Gasteiger partial charge in [0.25, 0.3) is 5.91 Å². The Kier molecular flexibility index (Phi) is 4.01. The molecule has 0 aromatic carbocycles. The van der Waals surface area contributed by atoms with Crippen molar-refractivity contribution in [2.24, 2.45) is 5.92 Å². The van der Waals surface area contributed by atoms with Crippen LogP contribution in [0.5, 0.6) is 0 Å². The molecule has 0 bridgehead atoms. The molecule has 1 amide bonds. The number of hydrogen-bond acceptors (Lipinski definition) is 3. The molecule has 1 aromatic heterocycles. The van der Waals surface area contributed by atoms with E-state index >= 15 is 0 Å². The quantitative estimate of drug-likeness (QED) is 0.873. The van der Waals surface area contributed by atoms with Crippen LogP contribution in [-0.4, -0.2) is 45.4 Å². The molecule has 1 N–H and O–H groups in total. The van der Waals surface area contributed by atoms with E-state index in [1.807, 2.05) is 6.92 Å². The minimum absolute atomic E-state index is 0.0196. The highest BCUT2D eigenvalue weighted by atomic mass is 16.3. The molecule has 1 saturated carbocycles. The molecule has 1 aromatic rings. The van der Waals surface area contributed by atoms with Crippen molar-refractivity contribution in [3.8, 4) is 0 Å². The Labute approximate surface area is 107 Å². The molecule has 0 radical (unpaired) electrons. The van der Waals surface area contributed by atoms with Gasteiger partial charge in [-0.3, -0.25) is 9.48 Å². The minimum atomic E-state index is -0.251. The van der Waals surface area contributed by atoms with Gasteiger partial charge in [-0.2, -0.15) is 5.10 Å². The third-order valence-corrected chi connectivity index (χ3v) is 3.68. The Morgan fingerprint density at radius 3 is 2.94 bits per heavy atom. The lowest BCUT2D eigenvalue weighted by Gasteiger charge is -2.22. The van der Waals surface area contributed by atoms with Gasteiger partial charge in [-0.05, 0) is 19.8 Å². The summed E-state index contributed by atoms with van der Waals surface area (Å²) in [5, 5.41) is 13.9. The number of aliphatic hydroxyl groups is 1. The summed E-state index contributed by atoms with van der Waals surface area (Å²) in [6, 6.07) is 0. The second-order valence-electron chi connectivity index (χ2n) is 5.03. The number of hydrogen-bond donors (Lipinski definition) is 1. The van der Waals surface area contributed by atoms with E-state index in [9.17, 15) is 9.90 Å². The van der Waals surface area contributed by atoms with Crippen molar-refractivity contribution in [2.75, 3.05) is 13.6 Å². The molecule has 0 saturated heterocycles. The number of nitrogens with zero attached hydrogens (tertiary/aromatic N) is 3. The smallest absolute Gasteiger partial charge is 0.256 e. The molecule has 2 atom stereocenters. The number of amides is 1. The van der Waals surface area contributed by atoms with E-state index in [-0.39, 0.29) is 17.9 Å². The van der Waals surface area contributed by atoms with Gasteiger partial charge in [-0.1, -0.05) is 6.42 Å². The van der Waals surface area contributed by atoms with Crippen LogP contribution in [0.2, 0.25) is 0 Å². The van der Waals surface area contributed by atoms with Crippen LogP contribution in [0.15, 0.2) is 12.4 Å². The molecule has 2 rings (SSSR count). The van der Waals surface area contributed by atoms with Gasteiger partial charge in [0.05, 0.1) is 17.9 Å². The van der Waals surface area contributed by atoms with Crippen LogP contribution in [0.4, 0.5) is 0 Å². The average Bonchev–Trinajstić information content (AvgIpc) is 2.98. The first-order chi connectivity index (χ1) is 8.61. The van der Waals surface area contributed by atoms with Crippen LogP contribution in [-0.2, 0) is 6.54 Å². The first kappa shape index (κ1) is 13.1. The molecule has 2 unspecified atom stereocenters. The van der Waals surface area contributed by atoms with E-state index in [0.29, 0.717) is 12.1 Å². The summed E-state index contributed by atoms with van der Waals surface area (Å²) in [6.07, 6.45) is 6.05. The predicted octanol–water partition coefficient (Wildman–Crippen LogP) is 1.14. The molecule has 18 heavy (non-hydrogen) atoms. The van der Waals surface area contributed by atoms with Crippen molar-refractivity contribution in [1.29, 1.82) is 0 Å². The van der Waals surface area contributed by atoms with E-state index in [2.05, 4.69) is 5.10 Å². The second kappa shape index (κ2) is 5.52. The van der Waals surface area contributed by atoms with Crippen molar-refractivity contribution >= 4 is 5.91 Å². The second-order valence-corrected chi connectivity index (χ2v) is 5.03. The molecule has 100 valence electrons. The van der Waals surface area contributed by atoms with Gasteiger partial charge >= 0.3 is 0 Å². The van der Waals surface area contributed by atoms with E-state index < -0.39 is 0 Å². The Bertz CT molecular complexity index is 416. The standard InChI is InChI=1S/C13H21N3O2/c1-3-16-9-11(7-14-16)13(18)15(2)8-10-5-4-6-12(10)17/h7,9-10,12,17H,3-6,8H2,1-2H3. The lowest BCUT2D eigenvalue weighted by Crippen LogP contribution is -2.34. The molecule has 5 heteroatoms. The fourth-order valence-electron chi connectivity index (χ4n) is 2.53. The van der Waals surface area contributed by atoms with Gasteiger partial charge in [-0.15, -0.1) is 0 Å². The Morgan fingerprint density at radius 1 is 1.61 bits per heavy atom. The maximum atomic E-state index is 12.2. The molecule has 0 spiro atoms. The monoisotopic (exact) mass is 251 g/mol. The predicted molar refractivity (Wildman–Crippen MR) is 68.2 cm³/mol. The maximum absolute atomic E-state index is 12.2. The van der Waals surface area contributed by atoms with E-state index in [0.717, 1.165) is 25.8 Å². The summed E-state index contributed by atoms with van der Waals surface area (Å²) >= 11 is 0. The highest BCUT2D eigenvalue weighted by Gasteiger charge is 2.27. The van der Waals surface area contributed by atoms with Crippen LogP contribution in [0, 0.1) is 5.92 Å². The number of rotatable bonds is 4. The van der Waals surface area contributed by atoms with Crippen LogP contribution in [0.25, 0.3) is 0 Å². The summed E-state index contributed by atoms with van der Waals surface area (Å²) in [4.78, 5) is 13.8. The third kappa shape index (κ3) is 2.72. The van der Waals surface area contributed by atoms with Gasteiger partial charge in [0.2, 0.25) is 0 Å². The Morgan fingerprint density at radius 2 is 2.39 bits per heavy atom. The van der Waals surface area contributed by atoms with Gasteiger partial charge in [-0.25, -0.2) is 0 Å². The van der Waals surface area contributed by atoms with Crippen LogP contribution >= 0.6 is 0 Å². The Hall–Kier alpha value is -1.36. The molecule has 5 nitrogen and oxygen atoms in total. The van der Waals surface area contributed by atoms with Crippen molar-refractivity contribution < 1.29 is 9.90 Å². The molecular formula is C13H21N3O2. The molecular weight excluding hydrogens is 230 g/mol. The lowest BCUT2D eigenvalue weighted by atomic mass is 10.1. The van der Waals surface area contributed by atoms with Crippen molar-refractivity contribution in [2.45, 2.75) is 38.8 Å². The topological polar surface area (TPSA) is 58.4 Å².